The molecule has 0 aliphatic rings. The minimum absolute atomic E-state index is 0.0739. The molecule has 0 saturated carbocycles. The van der Waals surface area contributed by atoms with Crippen LogP contribution in [0.4, 0.5) is 4.39 Å². The molecular formula is C15H19FN2O2S. The average molecular weight is 310 g/mol. The third kappa shape index (κ3) is 3.51. The van der Waals surface area contributed by atoms with Crippen molar-refractivity contribution in [2.75, 3.05) is 6.54 Å². The summed E-state index contributed by atoms with van der Waals surface area (Å²) in [4.78, 5) is 0.0739. The van der Waals surface area contributed by atoms with Gasteiger partial charge in [-0.2, -0.15) is 0 Å². The van der Waals surface area contributed by atoms with Gasteiger partial charge in [0, 0.05) is 25.0 Å². The quantitative estimate of drug-likeness (QED) is 0.921. The number of hydrogen-bond acceptors (Lipinski definition) is 2. The van der Waals surface area contributed by atoms with Crippen molar-refractivity contribution in [2.45, 2.75) is 25.2 Å². The SMILES string of the molecule is Cc1cc(CCNS(=O)(=O)c2ccc(F)cc2)c(C)n1C. The summed E-state index contributed by atoms with van der Waals surface area (Å²) in [6.45, 7) is 4.33. The lowest BCUT2D eigenvalue weighted by Crippen LogP contribution is -2.26. The molecule has 4 nitrogen and oxygen atoms in total. The van der Waals surface area contributed by atoms with E-state index in [1.807, 2.05) is 20.9 Å². The van der Waals surface area contributed by atoms with Gasteiger partial charge in [0.05, 0.1) is 4.90 Å². The molecular weight excluding hydrogens is 291 g/mol. The Morgan fingerprint density at radius 1 is 1.19 bits per heavy atom. The molecule has 0 fully saturated rings. The van der Waals surface area contributed by atoms with E-state index in [0.29, 0.717) is 13.0 Å². The van der Waals surface area contributed by atoms with Gasteiger partial charge >= 0.3 is 0 Å². The Morgan fingerprint density at radius 2 is 1.81 bits per heavy atom. The highest BCUT2D eigenvalue weighted by molar-refractivity contribution is 7.89. The summed E-state index contributed by atoms with van der Waals surface area (Å²) in [7, 11) is -1.60. The van der Waals surface area contributed by atoms with Crippen LogP contribution in [0.15, 0.2) is 35.2 Å². The molecule has 21 heavy (non-hydrogen) atoms. The largest absolute Gasteiger partial charge is 0.352 e. The van der Waals surface area contributed by atoms with Crippen LogP contribution in [0.1, 0.15) is 17.0 Å². The molecule has 0 aliphatic carbocycles. The molecule has 0 aliphatic heterocycles. The van der Waals surface area contributed by atoms with Crippen molar-refractivity contribution in [2.24, 2.45) is 7.05 Å². The van der Waals surface area contributed by atoms with Gasteiger partial charge in [-0.3, -0.25) is 0 Å². The van der Waals surface area contributed by atoms with E-state index in [2.05, 4.69) is 15.4 Å². The van der Waals surface area contributed by atoms with E-state index >= 15 is 0 Å². The van der Waals surface area contributed by atoms with Crippen LogP contribution in [0.3, 0.4) is 0 Å². The first-order valence-electron chi connectivity index (χ1n) is 6.68. The molecule has 0 radical (unpaired) electrons. The fraction of sp³-hybridized carbons (Fsp3) is 0.333. The van der Waals surface area contributed by atoms with Gasteiger partial charge in [-0.15, -0.1) is 0 Å². The maximum absolute atomic E-state index is 12.8. The second kappa shape index (κ2) is 5.99. The first-order chi connectivity index (χ1) is 9.81. The molecule has 0 atom stereocenters. The predicted octanol–water partition coefficient (Wildman–Crippen LogP) is 2.30. The molecule has 2 rings (SSSR count). The first-order valence-corrected chi connectivity index (χ1v) is 8.16. The van der Waals surface area contributed by atoms with E-state index in [9.17, 15) is 12.8 Å². The van der Waals surface area contributed by atoms with Gasteiger partial charge in [0.2, 0.25) is 10.0 Å². The van der Waals surface area contributed by atoms with Gasteiger partial charge in [-0.1, -0.05) is 0 Å². The van der Waals surface area contributed by atoms with Crippen LogP contribution in [0.5, 0.6) is 0 Å². The van der Waals surface area contributed by atoms with E-state index in [0.717, 1.165) is 29.1 Å². The van der Waals surface area contributed by atoms with Crippen molar-refractivity contribution in [3.05, 3.63) is 53.1 Å². The summed E-state index contributed by atoms with van der Waals surface area (Å²) in [6, 6.07) is 6.85. The molecule has 0 spiro atoms. The number of sulfonamides is 1. The first kappa shape index (κ1) is 15.7. The fourth-order valence-electron chi connectivity index (χ4n) is 2.20. The summed E-state index contributed by atoms with van der Waals surface area (Å²) in [5, 5.41) is 0. The Bertz CT molecular complexity index is 734. The van der Waals surface area contributed by atoms with Crippen LogP contribution in [0.2, 0.25) is 0 Å². The third-order valence-corrected chi connectivity index (χ3v) is 5.17. The second-order valence-corrected chi connectivity index (χ2v) is 6.82. The molecule has 1 N–H and O–H groups in total. The number of aromatic nitrogens is 1. The standard InChI is InChI=1S/C15H19FN2O2S/c1-11-10-13(12(2)18(11)3)8-9-17-21(19,20)15-6-4-14(16)5-7-15/h4-7,10,17H,8-9H2,1-3H3. The summed E-state index contributed by atoms with van der Waals surface area (Å²) in [5.41, 5.74) is 3.40. The summed E-state index contributed by atoms with van der Waals surface area (Å²) < 4.78 is 41.5. The number of aryl methyl sites for hydroxylation is 1. The molecule has 1 heterocycles. The van der Waals surface area contributed by atoms with Crippen molar-refractivity contribution >= 4 is 10.0 Å². The van der Waals surface area contributed by atoms with Gasteiger partial charge < -0.3 is 4.57 Å². The van der Waals surface area contributed by atoms with Gasteiger partial charge in [0.15, 0.2) is 0 Å². The van der Waals surface area contributed by atoms with E-state index in [1.54, 1.807) is 0 Å². The minimum Gasteiger partial charge on any atom is -0.352 e. The molecule has 1 aromatic heterocycles. The van der Waals surface area contributed by atoms with Gasteiger partial charge in [-0.05, 0) is 56.2 Å². The number of nitrogens with one attached hydrogen (secondary N) is 1. The molecule has 0 amide bonds. The maximum atomic E-state index is 12.8. The fourth-order valence-corrected chi connectivity index (χ4v) is 3.24. The highest BCUT2D eigenvalue weighted by Gasteiger charge is 2.14. The molecule has 0 unspecified atom stereocenters. The van der Waals surface area contributed by atoms with E-state index in [-0.39, 0.29) is 4.90 Å². The predicted molar refractivity (Wildman–Crippen MR) is 80.2 cm³/mol. The number of hydrogen-bond donors (Lipinski definition) is 1. The zero-order valence-corrected chi connectivity index (χ0v) is 13.2. The van der Waals surface area contributed by atoms with Crippen LogP contribution in [0, 0.1) is 19.7 Å². The molecule has 114 valence electrons. The monoisotopic (exact) mass is 310 g/mol. The average Bonchev–Trinajstić information content (AvgIpc) is 2.67. The van der Waals surface area contributed by atoms with Gasteiger partial charge in [-0.25, -0.2) is 17.5 Å². The Hall–Kier alpha value is -1.66. The summed E-state index contributed by atoms with van der Waals surface area (Å²) >= 11 is 0. The number of rotatable bonds is 5. The van der Waals surface area contributed by atoms with Crippen molar-refractivity contribution in [3.63, 3.8) is 0 Å². The van der Waals surface area contributed by atoms with Crippen LogP contribution >= 0.6 is 0 Å². The van der Waals surface area contributed by atoms with Crippen LogP contribution in [-0.2, 0) is 23.5 Å². The van der Waals surface area contributed by atoms with Gasteiger partial charge in [0.25, 0.3) is 0 Å². The zero-order valence-electron chi connectivity index (χ0n) is 12.4. The lowest BCUT2D eigenvalue weighted by atomic mass is 10.2. The highest BCUT2D eigenvalue weighted by Crippen LogP contribution is 2.14. The van der Waals surface area contributed by atoms with E-state index in [4.69, 9.17) is 0 Å². The van der Waals surface area contributed by atoms with E-state index in [1.165, 1.54) is 12.1 Å². The van der Waals surface area contributed by atoms with Crippen LogP contribution < -0.4 is 4.72 Å². The lowest BCUT2D eigenvalue weighted by molar-refractivity contribution is 0.580. The van der Waals surface area contributed by atoms with Crippen molar-refractivity contribution in [3.8, 4) is 0 Å². The molecule has 6 heteroatoms. The minimum atomic E-state index is -3.59. The summed E-state index contributed by atoms with van der Waals surface area (Å²) in [5.74, 6) is -0.454. The van der Waals surface area contributed by atoms with Gasteiger partial charge in [0.1, 0.15) is 5.82 Å². The van der Waals surface area contributed by atoms with Crippen LogP contribution in [0.25, 0.3) is 0 Å². The summed E-state index contributed by atoms with van der Waals surface area (Å²) in [6.07, 6.45) is 0.619. The Morgan fingerprint density at radius 3 is 2.33 bits per heavy atom. The third-order valence-electron chi connectivity index (χ3n) is 3.69. The van der Waals surface area contributed by atoms with Crippen molar-refractivity contribution < 1.29 is 12.8 Å². The molecule has 0 saturated heterocycles. The Labute approximate surface area is 124 Å². The zero-order chi connectivity index (χ0) is 15.6. The highest BCUT2D eigenvalue weighted by atomic mass is 32.2. The number of benzene rings is 1. The molecule has 1 aromatic carbocycles. The molecule has 0 bridgehead atoms. The maximum Gasteiger partial charge on any atom is 0.240 e. The smallest absolute Gasteiger partial charge is 0.240 e. The number of halogens is 1. The second-order valence-electron chi connectivity index (χ2n) is 5.06. The topological polar surface area (TPSA) is 51.1 Å². The Kier molecular flexibility index (Phi) is 4.49. The molecule has 2 aromatic rings. The van der Waals surface area contributed by atoms with E-state index < -0.39 is 15.8 Å². The normalized spacial score (nSPS) is 11.8. The lowest BCUT2D eigenvalue weighted by Gasteiger charge is -2.07. The van der Waals surface area contributed by atoms with Crippen LogP contribution in [-0.4, -0.2) is 19.5 Å². The van der Waals surface area contributed by atoms with Crippen molar-refractivity contribution in [1.82, 2.24) is 9.29 Å². The number of nitrogens with zero attached hydrogens (tertiary/aromatic N) is 1. The van der Waals surface area contributed by atoms with Crippen molar-refractivity contribution in [1.29, 1.82) is 0 Å². The Balaban J connectivity index is 2.02.